The lowest BCUT2D eigenvalue weighted by Gasteiger charge is -2.48. The van der Waals surface area contributed by atoms with Crippen LogP contribution in [0.5, 0.6) is 0 Å². The van der Waals surface area contributed by atoms with Crippen molar-refractivity contribution in [2.24, 2.45) is 0 Å². The maximum absolute atomic E-state index is 2.51. The Morgan fingerprint density at radius 3 is 1.28 bits per heavy atom. The van der Waals surface area contributed by atoms with Gasteiger partial charge in [-0.2, -0.15) is 0 Å². The van der Waals surface area contributed by atoms with Crippen molar-refractivity contribution in [3.05, 3.63) is 144 Å². The first-order valence-electron chi connectivity index (χ1n) is 16.5. The number of para-hydroxylation sites is 2. The topological polar surface area (TPSA) is 6.48 Å². The van der Waals surface area contributed by atoms with Gasteiger partial charge in [-0.1, -0.05) is 127 Å². The van der Waals surface area contributed by atoms with Gasteiger partial charge in [-0.15, -0.1) is 0 Å². The molecular weight excluding hydrogens is 554 g/mol. The fourth-order valence-corrected chi connectivity index (χ4v) is 8.63. The minimum atomic E-state index is 0.0933. The molecule has 0 saturated carbocycles. The molecule has 0 N–H and O–H groups in total. The third-order valence-corrected chi connectivity index (χ3v) is 10.5. The van der Waals surface area contributed by atoms with Crippen molar-refractivity contribution in [3.63, 3.8) is 0 Å². The Labute approximate surface area is 273 Å². The van der Waals surface area contributed by atoms with E-state index >= 15 is 0 Å². The van der Waals surface area contributed by atoms with E-state index in [0.29, 0.717) is 0 Å². The van der Waals surface area contributed by atoms with Crippen LogP contribution < -0.4 is 42.6 Å². The number of anilines is 6. The summed E-state index contributed by atoms with van der Waals surface area (Å²) in [6.07, 6.45) is 0. The van der Waals surface area contributed by atoms with E-state index in [-0.39, 0.29) is 18.8 Å². The third-order valence-electron chi connectivity index (χ3n) is 10.5. The highest BCUT2D eigenvalue weighted by Gasteiger charge is 2.50. The van der Waals surface area contributed by atoms with Crippen molar-refractivity contribution in [1.82, 2.24) is 0 Å². The molecule has 0 bridgehead atoms. The summed E-state index contributed by atoms with van der Waals surface area (Å²) in [7, 11) is 0. The first kappa shape index (κ1) is 27.4. The molecule has 220 valence electrons. The lowest BCUT2D eigenvalue weighted by molar-refractivity contribution is 0.589. The van der Waals surface area contributed by atoms with E-state index in [4.69, 9.17) is 0 Å². The Bertz CT molecular complexity index is 2040. The Morgan fingerprint density at radius 1 is 0.435 bits per heavy atom. The largest absolute Gasteiger partial charge is 0.311 e. The zero-order valence-electron chi connectivity index (χ0n) is 27.2. The number of hydrogen-bond donors (Lipinski definition) is 0. The second-order valence-electron chi connectivity index (χ2n) is 14.3. The Kier molecular flexibility index (Phi) is 5.81. The van der Waals surface area contributed by atoms with Crippen LogP contribution in [0.2, 0.25) is 0 Å². The quantitative estimate of drug-likeness (QED) is 0.217. The molecule has 0 aromatic heterocycles. The monoisotopic (exact) mass is 590 g/mol. The molecular formula is C42H36B2N2. The van der Waals surface area contributed by atoms with Gasteiger partial charge >= 0.3 is 0 Å². The van der Waals surface area contributed by atoms with Gasteiger partial charge in [-0.3, -0.25) is 0 Å². The van der Waals surface area contributed by atoms with Crippen LogP contribution in [0, 0.1) is 13.8 Å². The van der Waals surface area contributed by atoms with E-state index in [2.05, 4.69) is 172 Å². The van der Waals surface area contributed by atoms with E-state index in [1.807, 2.05) is 0 Å². The minimum Gasteiger partial charge on any atom is -0.311 e. The van der Waals surface area contributed by atoms with Crippen molar-refractivity contribution in [2.45, 2.75) is 40.0 Å². The van der Waals surface area contributed by atoms with Gasteiger partial charge in [0.2, 0.25) is 6.71 Å². The van der Waals surface area contributed by atoms with Gasteiger partial charge in [-0.05, 0) is 89.7 Å². The SMILES string of the molecule is Cc1cc(C(C)(C)C)cc(C)c1B1c2cccc3c2B2c4c1cccc4N(c1ccccc1)c1cccc(c12)N3c1ccccc1. The van der Waals surface area contributed by atoms with Gasteiger partial charge in [-0.25, -0.2) is 0 Å². The summed E-state index contributed by atoms with van der Waals surface area (Å²) in [5.74, 6) is 0. The van der Waals surface area contributed by atoms with Crippen molar-refractivity contribution in [1.29, 1.82) is 0 Å². The lowest BCUT2D eigenvalue weighted by atomic mass is 9.19. The molecule has 0 spiro atoms. The maximum Gasteiger partial charge on any atom is 0.250 e. The fraction of sp³-hybridized carbons (Fsp3) is 0.143. The van der Waals surface area contributed by atoms with Crippen molar-refractivity contribution >= 4 is 80.3 Å². The standard InChI is InChI=1S/C42H36B2N2/c1-27-25-29(42(3,4)5)26-28(2)38(27)43-32-19-12-21-34-39(32)44-40-33(43)20-13-22-35(40)46(31-17-10-7-11-18-31)37-24-14-23-36(41(37)44)45(34)30-15-8-6-9-16-30/h6-26H,1-5H3. The molecule has 3 aliphatic rings. The maximum atomic E-state index is 2.51. The summed E-state index contributed by atoms with van der Waals surface area (Å²) >= 11 is 0. The molecule has 6 aromatic rings. The molecule has 3 heterocycles. The molecule has 0 fully saturated rings. The van der Waals surface area contributed by atoms with E-state index in [9.17, 15) is 0 Å². The second kappa shape index (κ2) is 9.77. The number of nitrogens with zero attached hydrogens (tertiary/aromatic N) is 2. The van der Waals surface area contributed by atoms with Gasteiger partial charge in [0.1, 0.15) is 0 Å². The summed E-state index contributed by atoms with van der Waals surface area (Å²) in [6.45, 7) is 11.9. The number of hydrogen-bond acceptors (Lipinski definition) is 2. The molecule has 0 radical (unpaired) electrons. The predicted octanol–water partition coefficient (Wildman–Crippen LogP) is 6.51. The zero-order valence-corrected chi connectivity index (χ0v) is 27.2. The van der Waals surface area contributed by atoms with Gasteiger partial charge in [0.25, 0.3) is 6.71 Å². The van der Waals surface area contributed by atoms with Crippen LogP contribution in [-0.2, 0) is 5.41 Å². The second-order valence-corrected chi connectivity index (χ2v) is 14.3. The van der Waals surface area contributed by atoms with Crippen LogP contribution >= 0.6 is 0 Å². The summed E-state index contributed by atoms with van der Waals surface area (Å²) in [4.78, 5) is 5.02. The normalized spacial score (nSPS) is 14.0. The summed E-state index contributed by atoms with van der Waals surface area (Å²) in [6, 6.07) is 47.7. The third kappa shape index (κ3) is 3.73. The smallest absolute Gasteiger partial charge is 0.250 e. The highest BCUT2D eigenvalue weighted by molar-refractivity contribution is 7.13. The summed E-state index contributed by atoms with van der Waals surface area (Å²) in [5, 5.41) is 0. The molecule has 0 aliphatic carbocycles. The molecule has 3 aliphatic heterocycles. The average Bonchev–Trinajstić information content (AvgIpc) is 3.06. The van der Waals surface area contributed by atoms with E-state index < -0.39 is 0 Å². The molecule has 0 atom stereocenters. The molecule has 2 nitrogen and oxygen atoms in total. The van der Waals surface area contributed by atoms with Crippen LogP contribution in [-0.4, -0.2) is 13.4 Å². The van der Waals surface area contributed by atoms with E-state index in [0.717, 1.165) is 0 Å². The fourth-order valence-electron chi connectivity index (χ4n) is 8.63. The Hall–Kier alpha value is -4.95. The Balaban J connectivity index is 1.41. The number of benzene rings is 6. The molecule has 0 saturated heterocycles. The molecule has 6 aromatic carbocycles. The van der Waals surface area contributed by atoms with Crippen LogP contribution in [0.3, 0.4) is 0 Å². The van der Waals surface area contributed by atoms with E-state index in [1.165, 1.54) is 83.6 Å². The molecule has 0 unspecified atom stereocenters. The first-order valence-corrected chi connectivity index (χ1v) is 16.5. The molecule has 4 heteroatoms. The zero-order chi connectivity index (χ0) is 31.3. The van der Waals surface area contributed by atoms with Gasteiger partial charge in [0.05, 0.1) is 0 Å². The average molecular weight is 590 g/mol. The molecule has 9 rings (SSSR count). The van der Waals surface area contributed by atoms with Crippen molar-refractivity contribution in [2.75, 3.05) is 9.80 Å². The van der Waals surface area contributed by atoms with Crippen LogP contribution in [0.1, 0.15) is 37.5 Å². The van der Waals surface area contributed by atoms with Crippen molar-refractivity contribution < 1.29 is 0 Å². The van der Waals surface area contributed by atoms with Gasteiger partial charge in [0, 0.05) is 34.1 Å². The summed E-state index contributed by atoms with van der Waals surface area (Å²) in [5.41, 5.74) is 20.3. The summed E-state index contributed by atoms with van der Waals surface area (Å²) < 4.78 is 0. The highest BCUT2D eigenvalue weighted by atomic mass is 15.2. The lowest BCUT2D eigenvalue weighted by Crippen LogP contribution is -2.78. The van der Waals surface area contributed by atoms with Gasteiger partial charge < -0.3 is 9.80 Å². The van der Waals surface area contributed by atoms with E-state index in [1.54, 1.807) is 0 Å². The Morgan fingerprint density at radius 2 is 0.848 bits per heavy atom. The van der Waals surface area contributed by atoms with Gasteiger partial charge in [0.15, 0.2) is 0 Å². The molecule has 0 amide bonds. The highest BCUT2D eigenvalue weighted by Crippen LogP contribution is 2.43. The van der Waals surface area contributed by atoms with Crippen LogP contribution in [0.4, 0.5) is 34.1 Å². The number of rotatable bonds is 3. The predicted molar refractivity (Wildman–Crippen MR) is 200 cm³/mol. The minimum absolute atomic E-state index is 0.0933. The number of aryl methyl sites for hydroxylation is 2. The first-order chi connectivity index (χ1) is 22.3. The molecule has 46 heavy (non-hydrogen) atoms. The van der Waals surface area contributed by atoms with Crippen LogP contribution in [0.25, 0.3) is 0 Å². The van der Waals surface area contributed by atoms with Crippen molar-refractivity contribution in [3.8, 4) is 0 Å². The van der Waals surface area contributed by atoms with Crippen LogP contribution in [0.15, 0.2) is 127 Å².